The van der Waals surface area contributed by atoms with Crippen LogP contribution in [0.3, 0.4) is 0 Å². The van der Waals surface area contributed by atoms with Gasteiger partial charge in [-0.3, -0.25) is 19.3 Å². The van der Waals surface area contributed by atoms with Crippen LogP contribution >= 0.6 is 11.6 Å². The SMILES string of the molecule is NC(=O)C12CC([C@H]3C(=O)N(c4ncc(Cl)cc4F)CC(=O)N3Cc3ccc(F)cc3)(C1)C2. The van der Waals surface area contributed by atoms with Crippen molar-refractivity contribution in [3.8, 4) is 0 Å². The Bertz CT molecular complexity index is 1140. The van der Waals surface area contributed by atoms with Crippen molar-refractivity contribution in [3.63, 3.8) is 0 Å². The molecule has 1 aromatic carbocycles. The van der Waals surface area contributed by atoms with E-state index in [0.29, 0.717) is 24.8 Å². The lowest BCUT2D eigenvalue weighted by molar-refractivity contribution is -0.231. The Hall–Kier alpha value is -3.07. The first-order valence-corrected chi connectivity index (χ1v) is 10.5. The molecule has 4 fully saturated rings. The van der Waals surface area contributed by atoms with Crippen LogP contribution in [0.15, 0.2) is 36.5 Å². The molecule has 1 saturated heterocycles. The highest BCUT2D eigenvalue weighted by atomic mass is 35.5. The predicted molar refractivity (Wildman–Crippen MR) is 110 cm³/mol. The molecule has 1 aromatic heterocycles. The number of aromatic nitrogens is 1. The van der Waals surface area contributed by atoms with Crippen molar-refractivity contribution in [2.75, 3.05) is 11.4 Å². The van der Waals surface area contributed by atoms with Crippen LogP contribution in [0, 0.1) is 22.5 Å². The zero-order chi connectivity index (χ0) is 22.8. The van der Waals surface area contributed by atoms with E-state index in [4.69, 9.17) is 17.3 Å². The predicted octanol–water partition coefficient (Wildman–Crippen LogP) is 2.41. The monoisotopic (exact) mass is 460 g/mol. The summed E-state index contributed by atoms with van der Waals surface area (Å²) in [4.78, 5) is 45.0. The molecule has 7 nitrogen and oxygen atoms in total. The third-order valence-electron chi connectivity index (χ3n) is 6.91. The van der Waals surface area contributed by atoms with Crippen molar-refractivity contribution in [3.05, 3.63) is 58.7 Å². The van der Waals surface area contributed by atoms with Gasteiger partial charge in [0.25, 0.3) is 5.91 Å². The molecule has 32 heavy (non-hydrogen) atoms. The number of carbonyl (C=O) groups excluding carboxylic acids is 3. The van der Waals surface area contributed by atoms with Crippen LogP contribution in [0.4, 0.5) is 14.6 Å². The first-order chi connectivity index (χ1) is 15.1. The molecule has 0 spiro atoms. The number of halogens is 3. The Balaban J connectivity index is 1.50. The Kier molecular flexibility index (Phi) is 4.53. The second kappa shape index (κ2) is 6.96. The third kappa shape index (κ3) is 2.98. The van der Waals surface area contributed by atoms with Gasteiger partial charge in [0.05, 0.1) is 10.4 Å². The average Bonchev–Trinajstić information content (AvgIpc) is 2.66. The van der Waals surface area contributed by atoms with E-state index in [-0.39, 0.29) is 23.9 Å². The Morgan fingerprint density at radius 1 is 1.19 bits per heavy atom. The summed E-state index contributed by atoms with van der Waals surface area (Å²) < 4.78 is 27.9. The van der Waals surface area contributed by atoms with Crippen LogP contribution in [0.25, 0.3) is 0 Å². The van der Waals surface area contributed by atoms with Gasteiger partial charge in [0.15, 0.2) is 11.6 Å². The second-order valence-corrected chi connectivity index (χ2v) is 9.41. The molecule has 2 N–H and O–H groups in total. The molecule has 3 amide bonds. The fourth-order valence-corrected chi connectivity index (χ4v) is 5.64. The van der Waals surface area contributed by atoms with E-state index < -0.39 is 46.2 Å². The average molecular weight is 461 g/mol. The van der Waals surface area contributed by atoms with E-state index in [0.717, 1.165) is 11.0 Å². The fraction of sp³-hybridized carbons (Fsp3) is 0.364. The number of hydrogen-bond donors (Lipinski definition) is 1. The highest BCUT2D eigenvalue weighted by Crippen LogP contribution is 2.75. The molecule has 1 atom stereocenters. The van der Waals surface area contributed by atoms with Gasteiger partial charge in [-0.15, -0.1) is 0 Å². The van der Waals surface area contributed by atoms with E-state index in [9.17, 15) is 23.2 Å². The van der Waals surface area contributed by atoms with Crippen LogP contribution < -0.4 is 10.6 Å². The molecule has 4 aliphatic rings. The number of rotatable bonds is 5. The molecule has 2 aromatic rings. The van der Waals surface area contributed by atoms with Gasteiger partial charge in [0, 0.05) is 18.2 Å². The quantitative estimate of drug-likeness (QED) is 0.741. The minimum atomic E-state index is -0.910. The summed E-state index contributed by atoms with van der Waals surface area (Å²) in [6, 6.07) is 5.77. The maximum Gasteiger partial charge on any atom is 0.252 e. The Labute approximate surface area is 187 Å². The molecular weight excluding hydrogens is 442 g/mol. The first kappa shape index (κ1) is 20.8. The van der Waals surface area contributed by atoms with Crippen molar-refractivity contribution >= 4 is 35.1 Å². The summed E-state index contributed by atoms with van der Waals surface area (Å²) in [5.41, 5.74) is 4.92. The summed E-state index contributed by atoms with van der Waals surface area (Å²) in [6.07, 6.45) is 2.39. The summed E-state index contributed by atoms with van der Waals surface area (Å²) >= 11 is 5.78. The third-order valence-corrected chi connectivity index (χ3v) is 7.12. The minimum Gasteiger partial charge on any atom is -0.369 e. The number of nitrogens with two attached hydrogens (primary N) is 1. The molecule has 1 aliphatic heterocycles. The number of pyridine rings is 1. The van der Waals surface area contributed by atoms with Gasteiger partial charge < -0.3 is 10.6 Å². The van der Waals surface area contributed by atoms with Gasteiger partial charge in [-0.25, -0.2) is 13.8 Å². The zero-order valence-electron chi connectivity index (χ0n) is 16.9. The molecule has 3 aliphatic carbocycles. The van der Waals surface area contributed by atoms with Crippen molar-refractivity contribution in [2.45, 2.75) is 31.8 Å². The zero-order valence-corrected chi connectivity index (χ0v) is 17.6. The second-order valence-electron chi connectivity index (χ2n) is 8.97. The normalized spacial score (nSPS) is 28.9. The maximum absolute atomic E-state index is 14.6. The van der Waals surface area contributed by atoms with E-state index in [2.05, 4.69) is 4.98 Å². The largest absolute Gasteiger partial charge is 0.369 e. The molecular formula is C22H19ClF2N4O3. The summed E-state index contributed by atoms with van der Waals surface area (Å²) in [6.45, 7) is -0.301. The summed E-state index contributed by atoms with van der Waals surface area (Å²) in [5.74, 6) is -2.77. The van der Waals surface area contributed by atoms with Crippen molar-refractivity contribution in [1.29, 1.82) is 0 Å². The molecule has 2 bridgehead atoms. The van der Waals surface area contributed by atoms with Crippen LogP contribution in [0.2, 0.25) is 5.02 Å². The van der Waals surface area contributed by atoms with Crippen LogP contribution in [-0.4, -0.2) is 40.2 Å². The van der Waals surface area contributed by atoms with Crippen molar-refractivity contribution in [2.24, 2.45) is 16.6 Å². The molecule has 6 rings (SSSR count). The van der Waals surface area contributed by atoms with Crippen LogP contribution in [-0.2, 0) is 20.9 Å². The van der Waals surface area contributed by atoms with Gasteiger partial charge in [-0.2, -0.15) is 0 Å². The number of carbonyl (C=O) groups is 3. The number of benzene rings is 1. The van der Waals surface area contributed by atoms with E-state index >= 15 is 0 Å². The van der Waals surface area contributed by atoms with Crippen LogP contribution in [0.5, 0.6) is 0 Å². The van der Waals surface area contributed by atoms with Gasteiger partial charge in [0.2, 0.25) is 11.8 Å². The van der Waals surface area contributed by atoms with Crippen LogP contribution in [0.1, 0.15) is 24.8 Å². The number of nitrogens with zero attached hydrogens (tertiary/aromatic N) is 3. The highest BCUT2D eigenvalue weighted by Gasteiger charge is 2.76. The number of piperazine rings is 1. The number of amides is 3. The Morgan fingerprint density at radius 2 is 1.84 bits per heavy atom. The maximum atomic E-state index is 14.6. The minimum absolute atomic E-state index is 0.0688. The van der Waals surface area contributed by atoms with E-state index in [1.165, 1.54) is 23.2 Å². The molecule has 0 unspecified atom stereocenters. The topological polar surface area (TPSA) is 96.6 Å². The van der Waals surface area contributed by atoms with Gasteiger partial charge >= 0.3 is 0 Å². The van der Waals surface area contributed by atoms with Gasteiger partial charge in [-0.1, -0.05) is 23.7 Å². The number of primary amides is 1. The first-order valence-electron chi connectivity index (χ1n) is 10.1. The highest BCUT2D eigenvalue weighted by molar-refractivity contribution is 6.30. The van der Waals surface area contributed by atoms with Gasteiger partial charge in [0.1, 0.15) is 18.4 Å². The molecule has 166 valence electrons. The molecule has 0 radical (unpaired) electrons. The lowest BCUT2D eigenvalue weighted by Crippen LogP contribution is -2.78. The van der Waals surface area contributed by atoms with Crippen molar-refractivity contribution < 1.29 is 23.2 Å². The fourth-order valence-electron chi connectivity index (χ4n) is 5.49. The van der Waals surface area contributed by atoms with Crippen molar-refractivity contribution in [1.82, 2.24) is 9.88 Å². The number of anilines is 1. The smallest absolute Gasteiger partial charge is 0.252 e. The lowest BCUT2D eigenvalue weighted by Gasteiger charge is -2.72. The van der Waals surface area contributed by atoms with E-state index in [1.807, 2.05) is 0 Å². The summed E-state index contributed by atoms with van der Waals surface area (Å²) in [7, 11) is 0. The van der Waals surface area contributed by atoms with E-state index in [1.54, 1.807) is 12.1 Å². The molecule has 3 saturated carbocycles. The molecule has 10 heteroatoms. The standard InChI is InChI=1S/C22H19ClF2N4O3/c23-13-5-15(25)18(27-6-13)29-8-16(30)28(7-12-1-3-14(24)4-2-12)17(19(29)31)21-9-22(10-21,11-21)20(26)32/h1-6,17H,7-11H2,(H2,26,32)/t17-,21?,22?/m1/s1. The summed E-state index contributed by atoms with van der Waals surface area (Å²) in [5, 5.41) is 0.0688. The number of hydrogen-bond acceptors (Lipinski definition) is 4. The lowest BCUT2D eigenvalue weighted by atomic mass is 9.32. The molecule has 2 heterocycles. The van der Waals surface area contributed by atoms with Gasteiger partial charge in [-0.05, 0) is 43.0 Å². The Morgan fingerprint density at radius 3 is 2.44 bits per heavy atom.